The number of methoxy groups -OCH3 is 1. The molecule has 0 radical (unpaired) electrons. The van der Waals surface area contributed by atoms with Gasteiger partial charge in [0.15, 0.2) is 6.17 Å². The normalized spacial score (nSPS) is 21.0. The smallest absolute Gasteiger partial charge is 0.254 e. The van der Waals surface area contributed by atoms with E-state index in [0.717, 1.165) is 22.1 Å². The van der Waals surface area contributed by atoms with Crippen LogP contribution in [0.25, 0.3) is 10.8 Å². The second kappa shape index (κ2) is 5.79. The molecule has 5 nitrogen and oxygen atoms in total. The molecule has 0 spiro atoms. The molecule has 1 fully saturated rings. The number of carbonyl (C=O) groups excluding carboxylic acids is 1. The monoisotopic (exact) mass is 304 g/mol. The van der Waals surface area contributed by atoms with Crippen LogP contribution in [0.5, 0.6) is 11.6 Å². The Bertz CT molecular complexity index is 720. The summed E-state index contributed by atoms with van der Waals surface area (Å²) in [7, 11) is 1.61. The lowest BCUT2D eigenvalue weighted by atomic mass is 10.1. The quantitative estimate of drug-likeness (QED) is 0.940. The van der Waals surface area contributed by atoms with Crippen molar-refractivity contribution < 1.29 is 18.7 Å². The van der Waals surface area contributed by atoms with Crippen LogP contribution in [0.3, 0.4) is 0 Å². The second-order valence-corrected chi connectivity index (χ2v) is 5.38. The molecule has 116 valence electrons. The van der Waals surface area contributed by atoms with Gasteiger partial charge in [-0.3, -0.25) is 4.79 Å². The minimum absolute atomic E-state index is 0.131. The number of amides is 1. The van der Waals surface area contributed by atoms with Crippen LogP contribution in [-0.4, -0.2) is 36.8 Å². The topological polar surface area (TPSA) is 60.5 Å². The largest absolute Gasteiger partial charge is 0.496 e. The molecule has 1 amide bonds. The molecule has 3 rings (SSSR count). The summed E-state index contributed by atoms with van der Waals surface area (Å²) in [5.41, 5.74) is 1.02. The van der Waals surface area contributed by atoms with Gasteiger partial charge in [0.05, 0.1) is 13.2 Å². The first-order chi connectivity index (χ1) is 10.6. The van der Waals surface area contributed by atoms with Crippen LogP contribution in [-0.2, 0) is 4.79 Å². The van der Waals surface area contributed by atoms with Gasteiger partial charge in [0.1, 0.15) is 12.4 Å². The Morgan fingerprint density at radius 3 is 2.95 bits per heavy atom. The zero-order valence-corrected chi connectivity index (χ0v) is 12.4. The number of nitrogens with zero attached hydrogens (tertiary/aromatic N) is 1. The first-order valence-electron chi connectivity index (χ1n) is 7.09. The first-order valence-corrected chi connectivity index (χ1v) is 7.09. The molecule has 2 aromatic rings. The molecule has 1 aliphatic rings. The van der Waals surface area contributed by atoms with Gasteiger partial charge in [0.25, 0.3) is 5.91 Å². The first kappa shape index (κ1) is 14.6. The third-order valence-corrected chi connectivity index (χ3v) is 3.79. The number of benzene rings is 1. The van der Waals surface area contributed by atoms with Gasteiger partial charge in [-0.05, 0) is 36.1 Å². The molecule has 6 heteroatoms. The average Bonchev–Trinajstić information content (AvgIpc) is 2.83. The Kier molecular flexibility index (Phi) is 3.83. The number of nitrogens with one attached hydrogen (secondary N) is 1. The lowest BCUT2D eigenvalue weighted by molar-refractivity contribution is -0.123. The third-order valence-electron chi connectivity index (χ3n) is 3.79. The summed E-state index contributed by atoms with van der Waals surface area (Å²) >= 11 is 0. The van der Waals surface area contributed by atoms with Gasteiger partial charge in [-0.15, -0.1) is 0 Å². The maximum Gasteiger partial charge on any atom is 0.254 e. The van der Waals surface area contributed by atoms with E-state index in [4.69, 9.17) is 9.47 Å². The van der Waals surface area contributed by atoms with Crippen molar-refractivity contribution >= 4 is 16.7 Å². The van der Waals surface area contributed by atoms with Crippen molar-refractivity contribution in [3.8, 4) is 11.6 Å². The molecule has 2 atom stereocenters. The molecule has 0 bridgehead atoms. The van der Waals surface area contributed by atoms with Crippen molar-refractivity contribution in [3.05, 3.63) is 30.0 Å². The van der Waals surface area contributed by atoms with Crippen molar-refractivity contribution in [1.82, 2.24) is 10.3 Å². The molecule has 1 aromatic carbocycles. The Hall–Kier alpha value is -2.37. The van der Waals surface area contributed by atoms with Crippen LogP contribution >= 0.6 is 0 Å². The SMILES string of the molecule is COc1cc2c(OCC3CC(F)C(=O)N3)nccc2cc1C. The lowest BCUT2D eigenvalue weighted by Gasteiger charge is -2.13. The highest BCUT2D eigenvalue weighted by atomic mass is 19.1. The van der Waals surface area contributed by atoms with E-state index >= 15 is 0 Å². The Labute approximate surface area is 127 Å². The fraction of sp³-hybridized carbons (Fsp3) is 0.375. The van der Waals surface area contributed by atoms with E-state index in [9.17, 15) is 9.18 Å². The zero-order valence-electron chi connectivity index (χ0n) is 12.4. The highest BCUT2D eigenvalue weighted by Crippen LogP contribution is 2.30. The summed E-state index contributed by atoms with van der Waals surface area (Å²) in [5.74, 6) is 0.632. The second-order valence-electron chi connectivity index (χ2n) is 5.38. The molecule has 0 saturated carbocycles. The number of ether oxygens (including phenoxy) is 2. The van der Waals surface area contributed by atoms with Gasteiger partial charge in [-0.25, -0.2) is 9.37 Å². The number of hydrogen-bond acceptors (Lipinski definition) is 4. The minimum atomic E-state index is -1.45. The Balaban J connectivity index is 1.83. The molecule has 1 aliphatic heterocycles. The van der Waals surface area contributed by atoms with E-state index in [1.54, 1.807) is 13.3 Å². The summed E-state index contributed by atoms with van der Waals surface area (Å²) in [6.07, 6.45) is 0.345. The van der Waals surface area contributed by atoms with Gasteiger partial charge >= 0.3 is 0 Å². The molecule has 1 saturated heterocycles. The molecular formula is C16H17FN2O3. The number of rotatable bonds is 4. The van der Waals surface area contributed by atoms with Gasteiger partial charge in [-0.2, -0.15) is 0 Å². The van der Waals surface area contributed by atoms with E-state index < -0.39 is 12.1 Å². The number of aryl methyl sites for hydroxylation is 1. The van der Waals surface area contributed by atoms with Gasteiger partial charge in [0, 0.05) is 18.0 Å². The summed E-state index contributed by atoms with van der Waals surface area (Å²) < 4.78 is 24.2. The summed E-state index contributed by atoms with van der Waals surface area (Å²) in [4.78, 5) is 15.4. The van der Waals surface area contributed by atoms with Crippen LogP contribution in [0.4, 0.5) is 4.39 Å². The standard InChI is InChI=1S/C16H17FN2O3/c1-9-5-10-3-4-18-16(12(10)7-14(9)21-2)22-8-11-6-13(17)15(20)19-11/h3-5,7,11,13H,6,8H2,1-2H3,(H,19,20). The van der Waals surface area contributed by atoms with E-state index in [-0.39, 0.29) is 19.1 Å². The van der Waals surface area contributed by atoms with E-state index in [1.807, 2.05) is 25.1 Å². The van der Waals surface area contributed by atoms with E-state index in [2.05, 4.69) is 10.3 Å². The Morgan fingerprint density at radius 1 is 1.45 bits per heavy atom. The fourth-order valence-electron chi connectivity index (χ4n) is 2.62. The lowest BCUT2D eigenvalue weighted by Crippen LogP contribution is -2.31. The predicted molar refractivity (Wildman–Crippen MR) is 80.0 cm³/mol. The number of fused-ring (bicyclic) bond motifs is 1. The van der Waals surface area contributed by atoms with Crippen LogP contribution in [0.15, 0.2) is 24.4 Å². The highest BCUT2D eigenvalue weighted by Gasteiger charge is 2.32. The Morgan fingerprint density at radius 2 is 2.27 bits per heavy atom. The summed E-state index contributed by atoms with van der Waals surface area (Å²) in [6.45, 7) is 2.16. The highest BCUT2D eigenvalue weighted by molar-refractivity contribution is 5.89. The maximum absolute atomic E-state index is 13.2. The van der Waals surface area contributed by atoms with Crippen LogP contribution in [0.2, 0.25) is 0 Å². The number of carbonyl (C=O) groups is 1. The van der Waals surface area contributed by atoms with Crippen molar-refractivity contribution in [1.29, 1.82) is 0 Å². The van der Waals surface area contributed by atoms with Crippen molar-refractivity contribution in [2.45, 2.75) is 25.6 Å². The van der Waals surface area contributed by atoms with Crippen molar-refractivity contribution in [2.75, 3.05) is 13.7 Å². The number of halogens is 1. The number of hydrogen-bond donors (Lipinski definition) is 1. The summed E-state index contributed by atoms with van der Waals surface area (Å²) in [6, 6.07) is 5.44. The average molecular weight is 304 g/mol. The molecule has 2 heterocycles. The number of alkyl halides is 1. The maximum atomic E-state index is 13.2. The van der Waals surface area contributed by atoms with Gasteiger partial charge < -0.3 is 14.8 Å². The molecule has 1 N–H and O–H groups in total. The molecule has 0 aliphatic carbocycles. The number of aromatic nitrogens is 1. The summed E-state index contributed by atoms with van der Waals surface area (Å²) in [5, 5.41) is 4.38. The third kappa shape index (κ3) is 2.68. The van der Waals surface area contributed by atoms with E-state index in [0.29, 0.717) is 5.88 Å². The zero-order chi connectivity index (χ0) is 15.7. The minimum Gasteiger partial charge on any atom is -0.496 e. The molecule has 2 unspecified atom stereocenters. The van der Waals surface area contributed by atoms with Crippen LogP contribution in [0, 0.1) is 6.92 Å². The fourth-order valence-corrected chi connectivity index (χ4v) is 2.62. The van der Waals surface area contributed by atoms with Crippen LogP contribution < -0.4 is 14.8 Å². The van der Waals surface area contributed by atoms with Crippen LogP contribution in [0.1, 0.15) is 12.0 Å². The molecular weight excluding hydrogens is 287 g/mol. The van der Waals surface area contributed by atoms with E-state index in [1.165, 1.54) is 0 Å². The van der Waals surface area contributed by atoms with Crippen molar-refractivity contribution in [2.24, 2.45) is 0 Å². The predicted octanol–water partition coefficient (Wildman–Crippen LogP) is 2.16. The van der Waals surface area contributed by atoms with Gasteiger partial charge in [0.2, 0.25) is 5.88 Å². The molecule has 22 heavy (non-hydrogen) atoms. The molecule has 1 aromatic heterocycles. The van der Waals surface area contributed by atoms with Crippen molar-refractivity contribution in [3.63, 3.8) is 0 Å². The number of pyridine rings is 1. The van der Waals surface area contributed by atoms with Gasteiger partial charge in [-0.1, -0.05) is 0 Å².